The fourth-order valence-electron chi connectivity index (χ4n) is 2.51. The number of hydrogen-bond acceptors (Lipinski definition) is 4. The highest BCUT2D eigenvalue weighted by molar-refractivity contribution is 5.86. The number of aromatic nitrogens is 1. The third-order valence-electron chi connectivity index (χ3n) is 3.50. The highest BCUT2D eigenvalue weighted by Crippen LogP contribution is 2.37. The zero-order chi connectivity index (χ0) is 13.4. The van der Waals surface area contributed by atoms with Crippen LogP contribution in [-0.4, -0.2) is 21.3 Å². The number of nitrogens with zero attached hydrogens (tertiary/aromatic N) is 1. The SMILES string of the molecule is O=C(O)c1cc(-c2ccc3c(c2O)CCCC3)on1. The van der Waals surface area contributed by atoms with E-state index >= 15 is 0 Å². The summed E-state index contributed by atoms with van der Waals surface area (Å²) in [6.07, 6.45) is 4.01. The lowest BCUT2D eigenvalue weighted by Crippen LogP contribution is -2.03. The van der Waals surface area contributed by atoms with E-state index in [1.165, 1.54) is 6.07 Å². The van der Waals surface area contributed by atoms with Crippen LogP contribution in [0.25, 0.3) is 11.3 Å². The molecule has 1 aromatic heterocycles. The van der Waals surface area contributed by atoms with E-state index in [9.17, 15) is 9.90 Å². The normalized spacial score (nSPS) is 14.1. The predicted molar refractivity (Wildman–Crippen MR) is 67.2 cm³/mol. The molecule has 5 nitrogen and oxygen atoms in total. The average molecular weight is 259 g/mol. The number of carboxylic acids is 1. The van der Waals surface area contributed by atoms with Crippen LogP contribution < -0.4 is 0 Å². The Morgan fingerprint density at radius 1 is 1.26 bits per heavy atom. The summed E-state index contributed by atoms with van der Waals surface area (Å²) in [5, 5.41) is 22.6. The number of aryl methyl sites for hydroxylation is 1. The summed E-state index contributed by atoms with van der Waals surface area (Å²) in [6.45, 7) is 0. The molecule has 0 fully saturated rings. The third kappa shape index (κ3) is 1.97. The molecule has 0 radical (unpaired) electrons. The first-order chi connectivity index (χ1) is 9.16. The van der Waals surface area contributed by atoms with Gasteiger partial charge in [0.05, 0.1) is 5.56 Å². The van der Waals surface area contributed by atoms with Crippen LogP contribution in [0.2, 0.25) is 0 Å². The molecule has 1 heterocycles. The number of carboxylic acid groups (broad SMARTS) is 1. The van der Waals surface area contributed by atoms with Gasteiger partial charge in [0, 0.05) is 6.07 Å². The van der Waals surface area contributed by atoms with Gasteiger partial charge >= 0.3 is 5.97 Å². The van der Waals surface area contributed by atoms with Crippen molar-refractivity contribution < 1.29 is 19.5 Å². The summed E-state index contributed by atoms with van der Waals surface area (Å²) >= 11 is 0. The Morgan fingerprint density at radius 2 is 2.05 bits per heavy atom. The van der Waals surface area contributed by atoms with Gasteiger partial charge in [0.25, 0.3) is 0 Å². The first-order valence-electron chi connectivity index (χ1n) is 6.21. The predicted octanol–water partition coefficient (Wildman–Crippen LogP) is 2.62. The highest BCUT2D eigenvalue weighted by Gasteiger charge is 2.20. The Kier molecular flexibility index (Phi) is 2.74. The maximum absolute atomic E-state index is 10.8. The molecule has 2 N–H and O–H groups in total. The van der Waals surface area contributed by atoms with E-state index in [2.05, 4.69) is 5.16 Å². The van der Waals surface area contributed by atoms with Crippen molar-refractivity contribution in [3.05, 3.63) is 35.0 Å². The van der Waals surface area contributed by atoms with Gasteiger partial charge in [0.1, 0.15) is 5.75 Å². The van der Waals surface area contributed by atoms with E-state index < -0.39 is 5.97 Å². The molecule has 3 rings (SSSR count). The minimum Gasteiger partial charge on any atom is -0.507 e. The molecule has 0 saturated carbocycles. The molecule has 0 unspecified atom stereocenters. The molecule has 1 aliphatic carbocycles. The minimum atomic E-state index is -1.15. The Morgan fingerprint density at radius 3 is 2.79 bits per heavy atom. The van der Waals surface area contributed by atoms with Crippen molar-refractivity contribution in [3.63, 3.8) is 0 Å². The fraction of sp³-hybridized carbons (Fsp3) is 0.286. The van der Waals surface area contributed by atoms with Crippen LogP contribution in [0.15, 0.2) is 22.7 Å². The van der Waals surface area contributed by atoms with Crippen molar-refractivity contribution in [2.45, 2.75) is 25.7 Å². The van der Waals surface area contributed by atoms with Gasteiger partial charge in [-0.15, -0.1) is 0 Å². The molecule has 98 valence electrons. The summed E-state index contributed by atoms with van der Waals surface area (Å²) in [5.41, 5.74) is 2.44. The van der Waals surface area contributed by atoms with Crippen molar-refractivity contribution in [1.29, 1.82) is 0 Å². The Balaban J connectivity index is 2.07. The Hall–Kier alpha value is -2.30. The van der Waals surface area contributed by atoms with Crippen molar-refractivity contribution in [2.24, 2.45) is 0 Å². The van der Waals surface area contributed by atoms with Crippen LogP contribution in [0.4, 0.5) is 0 Å². The van der Waals surface area contributed by atoms with Crippen LogP contribution >= 0.6 is 0 Å². The summed E-state index contributed by atoms with van der Waals surface area (Å²) in [5.74, 6) is -0.680. The molecule has 19 heavy (non-hydrogen) atoms. The first kappa shape index (κ1) is 11.8. The lowest BCUT2D eigenvalue weighted by atomic mass is 9.89. The monoisotopic (exact) mass is 259 g/mol. The summed E-state index contributed by atoms with van der Waals surface area (Å²) < 4.78 is 4.99. The quantitative estimate of drug-likeness (QED) is 0.866. The maximum Gasteiger partial charge on any atom is 0.358 e. The summed E-state index contributed by atoms with van der Waals surface area (Å²) in [4.78, 5) is 10.8. The van der Waals surface area contributed by atoms with Crippen LogP contribution in [-0.2, 0) is 12.8 Å². The van der Waals surface area contributed by atoms with E-state index in [1.807, 2.05) is 6.07 Å². The van der Waals surface area contributed by atoms with Gasteiger partial charge in [0.2, 0.25) is 0 Å². The number of hydrogen-bond donors (Lipinski definition) is 2. The van der Waals surface area contributed by atoms with Gasteiger partial charge in [-0.3, -0.25) is 0 Å². The van der Waals surface area contributed by atoms with Gasteiger partial charge in [-0.1, -0.05) is 11.2 Å². The van der Waals surface area contributed by atoms with E-state index in [1.54, 1.807) is 6.07 Å². The van der Waals surface area contributed by atoms with Gasteiger partial charge in [-0.25, -0.2) is 4.79 Å². The van der Waals surface area contributed by atoms with Crippen LogP contribution in [0, 0.1) is 0 Å². The van der Waals surface area contributed by atoms with Crippen molar-refractivity contribution >= 4 is 5.97 Å². The Labute approximate surface area is 109 Å². The summed E-state index contributed by atoms with van der Waals surface area (Å²) in [7, 11) is 0. The average Bonchev–Trinajstić information content (AvgIpc) is 2.89. The highest BCUT2D eigenvalue weighted by atomic mass is 16.5. The van der Waals surface area contributed by atoms with Crippen LogP contribution in [0.3, 0.4) is 0 Å². The third-order valence-corrected chi connectivity index (χ3v) is 3.50. The van der Waals surface area contributed by atoms with Crippen LogP contribution in [0.1, 0.15) is 34.5 Å². The molecule has 2 aromatic rings. The molecule has 0 spiro atoms. The molecule has 0 aliphatic heterocycles. The van der Waals surface area contributed by atoms with Crippen molar-refractivity contribution in [3.8, 4) is 17.1 Å². The van der Waals surface area contributed by atoms with Gasteiger partial charge in [-0.2, -0.15) is 0 Å². The van der Waals surface area contributed by atoms with Crippen molar-refractivity contribution in [2.75, 3.05) is 0 Å². The standard InChI is InChI=1S/C14H13NO4/c16-13-9-4-2-1-3-8(9)5-6-10(13)12-7-11(14(17)18)15-19-12/h5-7,16H,1-4H2,(H,17,18). The lowest BCUT2D eigenvalue weighted by Gasteiger charge is -2.18. The molecular weight excluding hydrogens is 246 g/mol. The van der Waals surface area contributed by atoms with Gasteiger partial charge < -0.3 is 14.7 Å². The topological polar surface area (TPSA) is 83.6 Å². The number of benzene rings is 1. The molecule has 5 heteroatoms. The van der Waals surface area contributed by atoms with Gasteiger partial charge in [0.15, 0.2) is 11.5 Å². The largest absolute Gasteiger partial charge is 0.507 e. The second kappa shape index (κ2) is 4.42. The fourth-order valence-corrected chi connectivity index (χ4v) is 2.51. The first-order valence-corrected chi connectivity index (χ1v) is 6.21. The second-order valence-corrected chi connectivity index (χ2v) is 4.69. The molecule has 0 atom stereocenters. The molecule has 0 bridgehead atoms. The molecule has 1 aromatic carbocycles. The lowest BCUT2D eigenvalue weighted by molar-refractivity contribution is 0.0686. The number of aromatic hydroxyl groups is 1. The Bertz CT molecular complexity index is 645. The molecule has 0 amide bonds. The molecule has 1 aliphatic rings. The summed E-state index contributed by atoms with van der Waals surface area (Å²) in [6, 6.07) is 5.05. The number of aromatic carboxylic acids is 1. The number of fused-ring (bicyclic) bond motifs is 1. The second-order valence-electron chi connectivity index (χ2n) is 4.69. The number of phenolic OH excluding ortho intramolecular Hbond substituents is 1. The minimum absolute atomic E-state index is 0.160. The van der Waals surface area contributed by atoms with E-state index in [-0.39, 0.29) is 17.2 Å². The smallest absolute Gasteiger partial charge is 0.358 e. The van der Waals surface area contributed by atoms with Crippen molar-refractivity contribution in [1.82, 2.24) is 5.16 Å². The zero-order valence-corrected chi connectivity index (χ0v) is 10.2. The van der Waals surface area contributed by atoms with E-state index in [4.69, 9.17) is 9.63 Å². The van der Waals surface area contributed by atoms with Gasteiger partial charge in [-0.05, 0) is 42.9 Å². The van der Waals surface area contributed by atoms with Crippen LogP contribution in [0.5, 0.6) is 5.75 Å². The number of phenols is 1. The maximum atomic E-state index is 10.8. The molecule has 0 saturated heterocycles. The number of carbonyl (C=O) groups is 1. The number of rotatable bonds is 2. The van der Waals surface area contributed by atoms with E-state index in [0.717, 1.165) is 36.8 Å². The molecular formula is C14H13NO4. The van der Waals surface area contributed by atoms with E-state index in [0.29, 0.717) is 5.56 Å². The zero-order valence-electron chi connectivity index (χ0n) is 10.2.